The van der Waals surface area contributed by atoms with Gasteiger partial charge >= 0.3 is 18.1 Å². The molecule has 3 aromatic heterocycles. The van der Waals surface area contributed by atoms with E-state index >= 15 is 0 Å². The molecule has 0 radical (unpaired) electrons. The van der Waals surface area contributed by atoms with Crippen molar-refractivity contribution in [3.05, 3.63) is 215 Å². The van der Waals surface area contributed by atoms with Gasteiger partial charge in [0.15, 0.2) is 0 Å². The molecule has 0 saturated carbocycles. The third-order valence-corrected chi connectivity index (χ3v) is 19.9. The zero-order valence-electron chi connectivity index (χ0n) is 62.1. The van der Waals surface area contributed by atoms with E-state index in [-0.39, 0.29) is 12.1 Å². The van der Waals surface area contributed by atoms with E-state index < -0.39 is 6.03 Å². The largest absolute Gasteiger partial charge is 0.493 e. The second kappa shape index (κ2) is 35.7. The van der Waals surface area contributed by atoms with Gasteiger partial charge < -0.3 is 71.8 Å². The third kappa shape index (κ3) is 19.9. The predicted molar refractivity (Wildman–Crippen MR) is 439 cm³/mol. The summed E-state index contributed by atoms with van der Waals surface area (Å²) < 4.78 is 5.64. The number of aromatic nitrogens is 6. The van der Waals surface area contributed by atoms with Crippen LogP contribution in [0.3, 0.4) is 0 Å². The third-order valence-electron chi connectivity index (χ3n) is 19.3. The Hall–Kier alpha value is -11.6. The average molecular weight is 1500 g/mol. The number of nitrogens with zero attached hydrogens (tertiary/aromatic N) is 15. The van der Waals surface area contributed by atoms with Gasteiger partial charge in [0.05, 0.1) is 33.7 Å². The van der Waals surface area contributed by atoms with Crippen molar-refractivity contribution in [3.8, 4) is 5.75 Å². The summed E-state index contributed by atoms with van der Waals surface area (Å²) in [5.41, 5.74) is 19.2. The van der Waals surface area contributed by atoms with Crippen molar-refractivity contribution >= 4 is 139 Å². The highest BCUT2D eigenvalue weighted by Crippen LogP contribution is 2.35. The molecule has 0 bridgehead atoms. The minimum absolute atomic E-state index is 0.295. The van der Waals surface area contributed by atoms with Crippen molar-refractivity contribution in [3.63, 3.8) is 0 Å². The number of fused-ring (bicyclic) bond motifs is 1. The normalized spacial score (nSPS) is 14.3. The molecule has 0 atom stereocenters. The molecule has 28 heteroatoms. The van der Waals surface area contributed by atoms with Crippen molar-refractivity contribution < 1.29 is 19.1 Å². The number of likely N-dealkylation sites (N-methyl/N-ethyl adjacent to an activating group) is 3. The number of benzene rings is 7. The van der Waals surface area contributed by atoms with Gasteiger partial charge in [-0.1, -0.05) is 54.4 Å². The number of nitrogens with two attached hydrogens (primary N) is 1. The van der Waals surface area contributed by atoms with E-state index in [1.54, 1.807) is 61.5 Å². The van der Waals surface area contributed by atoms with Crippen LogP contribution in [0.15, 0.2) is 183 Å². The molecule has 0 aliphatic carbocycles. The molecular weight excluding hydrogens is 1400 g/mol. The Morgan fingerprint density at radius 2 is 0.926 bits per heavy atom. The number of nitrogens with one attached hydrogen (secondary N) is 6. The van der Waals surface area contributed by atoms with Crippen LogP contribution in [0.1, 0.15) is 29.2 Å². The highest BCUT2D eigenvalue weighted by Gasteiger charge is 2.25. The number of nitrogen functional groups attached to an aromatic ring is 1. The maximum Gasteiger partial charge on any atom is 0.332 e. The van der Waals surface area contributed by atoms with Crippen molar-refractivity contribution in [2.75, 3.05) is 187 Å². The van der Waals surface area contributed by atoms with Crippen LogP contribution in [0, 0.1) is 20.8 Å². The van der Waals surface area contributed by atoms with E-state index in [0.29, 0.717) is 74.3 Å². The number of para-hydroxylation sites is 1. The summed E-state index contributed by atoms with van der Waals surface area (Å²) in [6.07, 6.45) is 5.21. The topological polar surface area (TPSA) is 265 Å². The standard InChI is InChI=1S/C33H37N7O2.C24H28ClN7O.C23H27ClN8O/c1-4-38-15-17-39(18-16-38)27-9-11-28(12-10-27)40(33(41)37-32-23(2)6-5-7-24(32)3)31-21-30(34-22-35-31)36-26-8-13-29-25(20-26)14-19-42-29;1-17-4-9-20(25)21(14-17)29-24(33)31(3)23-15-22(26-16-27-23)28-18-5-7-19(8-6-18)32-12-10-30(2)11-13-32;1-30-9-11-32(12-10-30)18-6-4-17(5-7-18)28-21-14-22(27-15-26-21)31(2)23(33)29-20-13-16(25)3-8-19(20)24/h5-13,20-22H,4,14-19H2,1-3H3,(H,37,41)(H,34,35,36);4-9,14-16H,10-13H2,1-3H3,(H,29,33)(H,26,27,28);3-8,13-15H,9-12,25H2,1-2H3,(H,29,33)(H,26,27,28). The number of halogens is 2. The molecule has 3 saturated heterocycles. The lowest BCUT2D eigenvalue weighted by Crippen LogP contribution is -2.46. The Balaban J connectivity index is 0.000000153. The number of hydrogen-bond acceptors (Lipinski definition) is 20. The van der Waals surface area contributed by atoms with Crippen molar-refractivity contribution in [2.24, 2.45) is 0 Å². The molecule has 7 heterocycles. The highest BCUT2D eigenvalue weighted by molar-refractivity contribution is 6.34. The summed E-state index contributed by atoms with van der Waals surface area (Å²) in [5.74, 6) is 4.05. The number of carbonyl (C=O) groups is 3. The molecule has 3 fully saturated rings. The lowest BCUT2D eigenvalue weighted by molar-refractivity contribution is 0.257. The van der Waals surface area contributed by atoms with Gasteiger partial charge in [0.1, 0.15) is 59.6 Å². The van der Waals surface area contributed by atoms with Crippen LogP contribution in [0.5, 0.6) is 5.75 Å². The van der Waals surface area contributed by atoms with Gasteiger partial charge in [0, 0.05) is 163 Å². The molecule has 6 amide bonds. The fraction of sp³-hybridized carbons (Fsp3) is 0.287. The SMILES string of the molecule is CCN1CCN(c2ccc(N(C(=O)Nc3c(C)cccc3C)c3cc(Nc4ccc5c(c4)CCO5)ncn3)cc2)CC1.CN1CCN(c2ccc(Nc3cc(N(C)C(=O)Nc4cc(N)ccc4Cl)ncn3)cc2)CC1.Cc1ccc(Cl)c(NC(=O)N(C)c2cc(Nc3ccc(N4CCN(C)CC4)cc3)ncn2)c1. The summed E-state index contributed by atoms with van der Waals surface area (Å²) in [6, 6.07) is 51.3. The highest BCUT2D eigenvalue weighted by atomic mass is 35.5. The zero-order valence-corrected chi connectivity index (χ0v) is 63.6. The fourth-order valence-electron chi connectivity index (χ4n) is 12.7. The van der Waals surface area contributed by atoms with Crippen molar-refractivity contribution in [1.29, 1.82) is 0 Å². The Morgan fingerprint density at radius 3 is 1.44 bits per heavy atom. The number of anilines is 17. The summed E-state index contributed by atoms with van der Waals surface area (Å²) in [4.78, 5) is 84.1. The first-order valence-electron chi connectivity index (χ1n) is 36.0. The maximum atomic E-state index is 14.0. The molecule has 560 valence electrons. The molecule has 4 aliphatic heterocycles. The molecule has 0 spiro atoms. The van der Waals surface area contributed by atoms with Gasteiger partial charge in [-0.05, 0) is 185 Å². The zero-order chi connectivity index (χ0) is 75.8. The Bertz CT molecular complexity index is 4530. The summed E-state index contributed by atoms with van der Waals surface area (Å²) in [5, 5.41) is 19.5. The number of aryl methyl sites for hydroxylation is 3. The van der Waals surface area contributed by atoms with Crippen molar-refractivity contribution in [2.45, 2.75) is 34.1 Å². The number of carbonyl (C=O) groups excluding carboxylic acids is 3. The van der Waals surface area contributed by atoms with Gasteiger partial charge in [0.2, 0.25) is 0 Å². The van der Waals surface area contributed by atoms with E-state index in [1.807, 2.05) is 99.6 Å². The number of ether oxygens (including phenoxy) is 1. The predicted octanol–water partition coefficient (Wildman–Crippen LogP) is 14.8. The number of hydrogen-bond donors (Lipinski definition) is 7. The number of rotatable bonds is 17. The average Bonchev–Trinajstić information content (AvgIpc) is 1.14. The Morgan fingerprint density at radius 1 is 0.481 bits per heavy atom. The molecule has 14 rings (SSSR count). The Labute approximate surface area is 640 Å². The quantitative estimate of drug-likeness (QED) is 0.0418. The molecule has 4 aliphatic rings. The molecule has 7 aromatic carbocycles. The second-order valence-electron chi connectivity index (χ2n) is 26.9. The van der Waals surface area contributed by atoms with E-state index in [2.05, 4.69) is 155 Å². The summed E-state index contributed by atoms with van der Waals surface area (Å²) in [6.45, 7) is 22.4. The van der Waals surface area contributed by atoms with Gasteiger partial charge in [0.25, 0.3) is 0 Å². The molecule has 26 nitrogen and oxygen atoms in total. The second-order valence-corrected chi connectivity index (χ2v) is 27.7. The number of piperazine rings is 3. The first-order valence-corrected chi connectivity index (χ1v) is 36.8. The maximum absolute atomic E-state index is 14.0. The molecule has 108 heavy (non-hydrogen) atoms. The fourth-order valence-corrected chi connectivity index (χ4v) is 13.1. The minimum Gasteiger partial charge on any atom is -0.493 e. The van der Waals surface area contributed by atoms with Crippen LogP contribution in [0.4, 0.5) is 112 Å². The van der Waals surface area contributed by atoms with Crippen LogP contribution in [-0.2, 0) is 6.42 Å². The van der Waals surface area contributed by atoms with Crippen LogP contribution >= 0.6 is 23.2 Å². The van der Waals surface area contributed by atoms with E-state index in [9.17, 15) is 14.4 Å². The van der Waals surface area contributed by atoms with Crippen LogP contribution in [0.25, 0.3) is 0 Å². The van der Waals surface area contributed by atoms with Gasteiger partial charge in [-0.2, -0.15) is 0 Å². The monoisotopic (exact) mass is 1490 g/mol. The van der Waals surface area contributed by atoms with Gasteiger partial charge in [-0.3, -0.25) is 9.80 Å². The first kappa shape index (κ1) is 76.1. The van der Waals surface area contributed by atoms with Gasteiger partial charge in [-0.15, -0.1) is 0 Å². The number of urea groups is 3. The minimum atomic E-state index is -0.399. The lowest BCUT2D eigenvalue weighted by Gasteiger charge is -2.35. The smallest absolute Gasteiger partial charge is 0.332 e. The van der Waals surface area contributed by atoms with E-state index in [0.717, 1.165) is 142 Å². The Kier molecular flexibility index (Phi) is 25.2. The first-order chi connectivity index (χ1) is 52.2. The molecular formula is C80H92Cl2N22O4. The van der Waals surface area contributed by atoms with Crippen LogP contribution < -0.4 is 71.8 Å². The number of amides is 6. The van der Waals surface area contributed by atoms with E-state index in [1.165, 1.54) is 45.7 Å². The van der Waals surface area contributed by atoms with Crippen LogP contribution in [0.2, 0.25) is 10.0 Å². The van der Waals surface area contributed by atoms with Crippen LogP contribution in [-0.4, -0.2) is 183 Å². The van der Waals surface area contributed by atoms with E-state index in [4.69, 9.17) is 33.7 Å². The molecule has 0 unspecified atom stereocenters. The van der Waals surface area contributed by atoms with Gasteiger partial charge in [-0.25, -0.2) is 49.2 Å². The summed E-state index contributed by atoms with van der Waals surface area (Å²) in [7, 11) is 7.57. The molecule has 10 aromatic rings. The summed E-state index contributed by atoms with van der Waals surface area (Å²) >= 11 is 12.3. The molecule has 8 N–H and O–H groups in total. The van der Waals surface area contributed by atoms with Crippen molar-refractivity contribution in [1.82, 2.24) is 44.6 Å². The lowest BCUT2D eigenvalue weighted by atomic mass is 10.1.